The van der Waals surface area contributed by atoms with Gasteiger partial charge in [0.25, 0.3) is 0 Å². The number of hydrogen-bond acceptors (Lipinski definition) is 8. The number of anilines is 2. The van der Waals surface area contributed by atoms with E-state index in [0.717, 1.165) is 5.69 Å². The van der Waals surface area contributed by atoms with E-state index in [4.69, 9.17) is 18.9 Å². The van der Waals surface area contributed by atoms with Crippen LogP contribution < -0.4 is 15.4 Å². The van der Waals surface area contributed by atoms with E-state index in [1.165, 1.54) is 0 Å². The molecule has 0 aliphatic carbocycles. The van der Waals surface area contributed by atoms with Gasteiger partial charge in [-0.3, -0.25) is 5.32 Å². The average Bonchev–Trinajstić information content (AvgIpc) is 3.31. The molecule has 0 spiro atoms. The number of hydrogen-bond donors (Lipinski definition) is 2. The van der Waals surface area contributed by atoms with Gasteiger partial charge in [0.2, 0.25) is 5.95 Å². The lowest BCUT2D eigenvalue weighted by molar-refractivity contribution is 0.00916. The molecule has 1 amide bonds. The van der Waals surface area contributed by atoms with Crippen LogP contribution in [0.2, 0.25) is 0 Å². The van der Waals surface area contributed by atoms with Crippen LogP contribution in [-0.2, 0) is 19.6 Å². The first-order valence-corrected chi connectivity index (χ1v) is 10.3. The van der Waals surface area contributed by atoms with Crippen molar-refractivity contribution in [3.63, 3.8) is 0 Å². The predicted octanol–water partition coefficient (Wildman–Crippen LogP) is 2.98. The monoisotopic (exact) mass is 428 g/mol. The van der Waals surface area contributed by atoms with Gasteiger partial charge < -0.3 is 24.3 Å². The molecule has 166 valence electrons. The van der Waals surface area contributed by atoms with Crippen molar-refractivity contribution >= 4 is 17.7 Å². The lowest BCUT2D eigenvalue weighted by Gasteiger charge is -2.20. The minimum atomic E-state index is -0.566. The molecule has 2 aliphatic rings. The molecule has 2 saturated heterocycles. The number of carbonyl (C=O) groups excluding carboxylic acids is 1. The molecule has 3 heterocycles. The van der Waals surface area contributed by atoms with E-state index in [1.54, 1.807) is 37.6 Å². The van der Waals surface area contributed by atoms with E-state index in [9.17, 15) is 4.79 Å². The van der Waals surface area contributed by atoms with Crippen molar-refractivity contribution in [1.82, 2.24) is 9.97 Å². The van der Waals surface area contributed by atoms with Crippen molar-refractivity contribution in [2.45, 2.75) is 50.5 Å². The van der Waals surface area contributed by atoms with Gasteiger partial charge in [-0.25, -0.2) is 14.8 Å². The van der Waals surface area contributed by atoms with Crippen molar-refractivity contribution in [3.05, 3.63) is 42.2 Å². The van der Waals surface area contributed by atoms with Crippen LogP contribution in [0, 0.1) is 0 Å². The molecule has 0 saturated carbocycles. The third-order valence-corrected chi connectivity index (χ3v) is 5.32. The number of methoxy groups -OCH3 is 1. The van der Waals surface area contributed by atoms with Crippen molar-refractivity contribution in [3.8, 4) is 5.75 Å². The van der Waals surface area contributed by atoms with Gasteiger partial charge in [-0.1, -0.05) is 26.8 Å². The summed E-state index contributed by atoms with van der Waals surface area (Å²) in [5.74, 6) is 1.18. The Kier molecular flexibility index (Phi) is 5.97. The Labute approximate surface area is 181 Å². The second-order valence-corrected chi connectivity index (χ2v) is 8.66. The van der Waals surface area contributed by atoms with E-state index in [1.807, 2.05) is 6.07 Å². The maximum absolute atomic E-state index is 12.3. The second-order valence-electron chi connectivity index (χ2n) is 8.66. The molecule has 1 aromatic heterocycles. The Hall–Kier alpha value is -2.91. The number of rotatable bonds is 5. The molecule has 2 aromatic rings. The van der Waals surface area contributed by atoms with Crippen LogP contribution >= 0.6 is 0 Å². The first-order valence-electron chi connectivity index (χ1n) is 10.3. The average molecular weight is 428 g/mol. The maximum atomic E-state index is 12.3. The third kappa shape index (κ3) is 4.88. The van der Waals surface area contributed by atoms with Crippen LogP contribution in [0.1, 0.15) is 26.5 Å². The highest BCUT2D eigenvalue weighted by Crippen LogP contribution is 2.31. The van der Waals surface area contributed by atoms with Crippen molar-refractivity contribution in [1.29, 1.82) is 0 Å². The highest BCUT2D eigenvalue weighted by Gasteiger charge is 2.49. The van der Waals surface area contributed by atoms with E-state index in [2.05, 4.69) is 41.4 Å². The summed E-state index contributed by atoms with van der Waals surface area (Å²) in [7, 11) is 1.57. The Morgan fingerprint density at radius 3 is 2.74 bits per heavy atom. The highest BCUT2D eigenvalue weighted by atomic mass is 16.6. The molecule has 2 aliphatic heterocycles. The van der Waals surface area contributed by atoms with Gasteiger partial charge in [-0.05, 0) is 18.2 Å². The van der Waals surface area contributed by atoms with E-state index < -0.39 is 12.2 Å². The van der Waals surface area contributed by atoms with Crippen molar-refractivity contribution in [2.75, 3.05) is 31.0 Å². The zero-order chi connectivity index (χ0) is 22.0. The van der Waals surface area contributed by atoms with Crippen molar-refractivity contribution in [2.24, 2.45) is 0 Å². The Morgan fingerprint density at radius 2 is 1.97 bits per heavy atom. The summed E-state index contributed by atoms with van der Waals surface area (Å²) in [6.07, 6.45) is 0.0805. The van der Waals surface area contributed by atoms with Gasteiger partial charge in [-0.15, -0.1) is 0 Å². The number of amides is 1. The van der Waals surface area contributed by atoms with E-state index in [-0.39, 0.29) is 30.3 Å². The molecule has 0 radical (unpaired) electrons. The SMILES string of the molecule is COc1cccc(NC(=O)O[C@@H]2CO[C@H]3[C@@H]2OC[C@@H]3Nc2nccc(C(C)(C)C)n2)c1. The van der Waals surface area contributed by atoms with Crippen LogP contribution in [0.25, 0.3) is 0 Å². The Balaban J connectivity index is 1.34. The van der Waals surface area contributed by atoms with Gasteiger partial charge >= 0.3 is 6.09 Å². The number of nitrogens with zero attached hydrogens (tertiary/aromatic N) is 2. The standard InChI is InChI=1S/C22H28N4O5/c1-22(2,3)17-8-9-23-20(26-17)25-15-11-29-19-16(12-30-18(15)19)31-21(27)24-13-6-5-7-14(10-13)28-4/h5-10,15-16,18-19H,11-12H2,1-4H3,(H,24,27)(H,23,25,26)/t15-,16+,18+,19+/m0/s1. The lowest BCUT2D eigenvalue weighted by Crippen LogP contribution is -2.38. The molecule has 0 bridgehead atoms. The maximum Gasteiger partial charge on any atom is 0.412 e. The molecule has 1 aromatic carbocycles. The molecular formula is C22H28N4O5. The molecule has 4 atom stereocenters. The fourth-order valence-electron chi connectivity index (χ4n) is 3.69. The van der Waals surface area contributed by atoms with Crippen LogP contribution in [0.15, 0.2) is 36.5 Å². The third-order valence-electron chi connectivity index (χ3n) is 5.32. The van der Waals surface area contributed by atoms with Crippen LogP contribution in [0.4, 0.5) is 16.4 Å². The van der Waals surface area contributed by atoms with E-state index in [0.29, 0.717) is 24.0 Å². The largest absolute Gasteiger partial charge is 0.497 e. The first-order chi connectivity index (χ1) is 14.8. The fourth-order valence-corrected chi connectivity index (χ4v) is 3.69. The normalized spacial score (nSPS) is 25.0. The van der Waals surface area contributed by atoms with Gasteiger partial charge in [0, 0.05) is 23.4 Å². The number of aromatic nitrogens is 2. The highest BCUT2D eigenvalue weighted by molar-refractivity contribution is 5.85. The van der Waals surface area contributed by atoms with Crippen LogP contribution in [0.3, 0.4) is 0 Å². The molecule has 4 rings (SSSR count). The predicted molar refractivity (Wildman–Crippen MR) is 115 cm³/mol. The second kappa shape index (κ2) is 8.68. The fraction of sp³-hybridized carbons (Fsp3) is 0.500. The molecule has 2 fully saturated rings. The molecule has 2 N–H and O–H groups in total. The van der Waals surface area contributed by atoms with Crippen LogP contribution in [-0.4, -0.2) is 60.7 Å². The number of fused-ring (bicyclic) bond motifs is 1. The van der Waals surface area contributed by atoms with Gasteiger partial charge in [0.15, 0.2) is 6.10 Å². The number of benzene rings is 1. The lowest BCUT2D eigenvalue weighted by atomic mass is 9.92. The molecular weight excluding hydrogens is 400 g/mol. The number of carbonyl (C=O) groups is 1. The summed E-state index contributed by atoms with van der Waals surface area (Å²) in [5.41, 5.74) is 1.46. The van der Waals surface area contributed by atoms with Gasteiger partial charge in [-0.2, -0.15) is 0 Å². The zero-order valence-electron chi connectivity index (χ0n) is 18.1. The Morgan fingerprint density at radius 1 is 1.16 bits per heavy atom. The van der Waals surface area contributed by atoms with E-state index >= 15 is 0 Å². The number of nitrogens with one attached hydrogen (secondary N) is 2. The summed E-state index contributed by atoms with van der Waals surface area (Å²) < 4.78 is 22.5. The van der Waals surface area contributed by atoms with Gasteiger partial charge in [0.05, 0.1) is 32.1 Å². The smallest absolute Gasteiger partial charge is 0.412 e. The number of ether oxygens (including phenoxy) is 4. The summed E-state index contributed by atoms with van der Waals surface area (Å²) in [6, 6.07) is 8.84. The summed E-state index contributed by atoms with van der Waals surface area (Å²) in [6.45, 7) is 6.99. The summed E-state index contributed by atoms with van der Waals surface area (Å²) in [5, 5.41) is 6.02. The topological polar surface area (TPSA) is 104 Å². The molecule has 31 heavy (non-hydrogen) atoms. The zero-order valence-corrected chi connectivity index (χ0v) is 18.1. The summed E-state index contributed by atoms with van der Waals surface area (Å²) >= 11 is 0. The minimum absolute atomic E-state index is 0.0764. The molecule has 9 heteroatoms. The first kappa shape index (κ1) is 21.3. The molecule has 0 unspecified atom stereocenters. The van der Waals surface area contributed by atoms with Gasteiger partial charge in [0.1, 0.15) is 18.0 Å². The Bertz CT molecular complexity index is 932. The minimum Gasteiger partial charge on any atom is -0.497 e. The molecule has 9 nitrogen and oxygen atoms in total. The van der Waals surface area contributed by atoms with Crippen LogP contribution in [0.5, 0.6) is 5.75 Å². The van der Waals surface area contributed by atoms with Crippen molar-refractivity contribution < 1.29 is 23.7 Å². The summed E-state index contributed by atoms with van der Waals surface area (Å²) in [4.78, 5) is 21.3. The quantitative estimate of drug-likeness (QED) is 0.749.